The molecule has 0 aromatic heterocycles. The standard InChI is InChI=1S/C20H20F2OS/c1-2-3-4-11-24-19-8-6-16(7-9-19)20(23)10-5-15-12-17(21)14-18(22)13-15/h5-10,12-14H,2-4,11H2,1H3/b10-5+. The summed E-state index contributed by atoms with van der Waals surface area (Å²) in [5.41, 5.74) is 0.880. The lowest BCUT2D eigenvalue weighted by atomic mass is 10.1. The summed E-state index contributed by atoms with van der Waals surface area (Å²) in [6.45, 7) is 2.18. The molecule has 2 aromatic carbocycles. The molecule has 0 saturated heterocycles. The van der Waals surface area contributed by atoms with Crippen LogP contribution in [0.1, 0.15) is 42.1 Å². The van der Waals surface area contributed by atoms with E-state index in [9.17, 15) is 13.6 Å². The highest BCUT2D eigenvalue weighted by molar-refractivity contribution is 7.99. The molecule has 0 saturated carbocycles. The van der Waals surface area contributed by atoms with Crippen LogP contribution >= 0.6 is 11.8 Å². The summed E-state index contributed by atoms with van der Waals surface area (Å²) >= 11 is 1.78. The van der Waals surface area contributed by atoms with Gasteiger partial charge in [-0.1, -0.05) is 25.8 Å². The first-order valence-electron chi connectivity index (χ1n) is 8.00. The van der Waals surface area contributed by atoms with E-state index in [-0.39, 0.29) is 5.78 Å². The van der Waals surface area contributed by atoms with Crippen molar-refractivity contribution in [3.63, 3.8) is 0 Å². The van der Waals surface area contributed by atoms with Gasteiger partial charge in [0.25, 0.3) is 0 Å². The SMILES string of the molecule is CCCCCSc1ccc(C(=O)/C=C/c2cc(F)cc(F)c2)cc1. The van der Waals surface area contributed by atoms with Crippen molar-refractivity contribution in [3.05, 3.63) is 71.3 Å². The van der Waals surface area contributed by atoms with E-state index in [1.165, 1.54) is 43.5 Å². The smallest absolute Gasteiger partial charge is 0.185 e. The van der Waals surface area contributed by atoms with E-state index in [1.807, 2.05) is 12.1 Å². The van der Waals surface area contributed by atoms with Crippen LogP contribution in [0.25, 0.3) is 6.08 Å². The number of rotatable bonds is 8. The van der Waals surface area contributed by atoms with Gasteiger partial charge in [-0.3, -0.25) is 4.79 Å². The predicted octanol–water partition coefficient (Wildman–Crippen LogP) is 6.14. The van der Waals surface area contributed by atoms with Crippen LogP contribution in [0, 0.1) is 11.6 Å². The largest absolute Gasteiger partial charge is 0.289 e. The lowest BCUT2D eigenvalue weighted by Gasteiger charge is -2.02. The Morgan fingerprint density at radius 3 is 2.33 bits per heavy atom. The molecule has 24 heavy (non-hydrogen) atoms. The highest BCUT2D eigenvalue weighted by Crippen LogP contribution is 2.20. The van der Waals surface area contributed by atoms with E-state index in [2.05, 4.69) is 6.92 Å². The van der Waals surface area contributed by atoms with Gasteiger partial charge in [0.1, 0.15) is 11.6 Å². The van der Waals surface area contributed by atoms with Crippen molar-refractivity contribution in [2.45, 2.75) is 31.1 Å². The molecule has 1 nitrogen and oxygen atoms in total. The van der Waals surface area contributed by atoms with Gasteiger partial charge >= 0.3 is 0 Å². The molecule has 0 aliphatic heterocycles. The summed E-state index contributed by atoms with van der Waals surface area (Å²) in [5.74, 6) is -0.438. The van der Waals surface area contributed by atoms with Crippen LogP contribution in [0.2, 0.25) is 0 Å². The van der Waals surface area contributed by atoms with Gasteiger partial charge in [-0.25, -0.2) is 8.78 Å². The third kappa shape index (κ3) is 5.93. The van der Waals surface area contributed by atoms with Crippen LogP contribution in [-0.4, -0.2) is 11.5 Å². The molecule has 0 amide bonds. The molecule has 0 aliphatic rings. The fraction of sp³-hybridized carbons (Fsp3) is 0.250. The second-order valence-electron chi connectivity index (χ2n) is 5.48. The topological polar surface area (TPSA) is 17.1 Å². The Labute approximate surface area is 145 Å². The molecule has 126 valence electrons. The Morgan fingerprint density at radius 2 is 1.71 bits per heavy atom. The number of unbranched alkanes of at least 4 members (excludes halogenated alkanes) is 2. The molecule has 2 rings (SSSR count). The maximum absolute atomic E-state index is 13.1. The summed E-state index contributed by atoms with van der Waals surface area (Å²) < 4.78 is 26.2. The Balaban J connectivity index is 1.95. The van der Waals surface area contributed by atoms with Gasteiger partial charge in [0, 0.05) is 16.5 Å². The highest BCUT2D eigenvalue weighted by atomic mass is 32.2. The minimum Gasteiger partial charge on any atom is -0.289 e. The summed E-state index contributed by atoms with van der Waals surface area (Å²) in [7, 11) is 0. The number of thioether (sulfide) groups is 1. The van der Waals surface area contributed by atoms with Crippen molar-refractivity contribution in [1.29, 1.82) is 0 Å². The first-order chi connectivity index (χ1) is 11.6. The molecule has 0 aliphatic carbocycles. The molecule has 4 heteroatoms. The molecule has 0 fully saturated rings. The Hall–Kier alpha value is -1.94. The van der Waals surface area contributed by atoms with Crippen molar-refractivity contribution in [1.82, 2.24) is 0 Å². The molecule has 0 bridgehead atoms. The first kappa shape index (κ1) is 18.4. The molecule has 0 spiro atoms. The minimum absolute atomic E-state index is 0.192. The molecular weight excluding hydrogens is 326 g/mol. The van der Waals surface area contributed by atoms with Gasteiger partial charge in [-0.2, -0.15) is 0 Å². The van der Waals surface area contributed by atoms with Crippen LogP contribution in [0.5, 0.6) is 0 Å². The lowest BCUT2D eigenvalue weighted by molar-refractivity contribution is 0.104. The van der Waals surface area contributed by atoms with Crippen molar-refractivity contribution >= 4 is 23.6 Å². The average molecular weight is 346 g/mol. The van der Waals surface area contributed by atoms with Crippen LogP contribution in [-0.2, 0) is 0 Å². The van der Waals surface area contributed by atoms with Crippen molar-refractivity contribution < 1.29 is 13.6 Å². The van der Waals surface area contributed by atoms with E-state index >= 15 is 0 Å². The molecule has 2 aromatic rings. The molecule has 0 atom stereocenters. The second-order valence-corrected chi connectivity index (χ2v) is 6.65. The van der Waals surface area contributed by atoms with Crippen LogP contribution in [0.15, 0.2) is 53.4 Å². The quantitative estimate of drug-likeness (QED) is 0.247. The third-order valence-electron chi connectivity index (χ3n) is 3.47. The molecule has 0 N–H and O–H groups in total. The lowest BCUT2D eigenvalue weighted by Crippen LogP contribution is -1.94. The van der Waals surface area contributed by atoms with E-state index in [1.54, 1.807) is 23.9 Å². The number of carbonyl (C=O) groups excluding carboxylic acids is 1. The Bertz CT molecular complexity index is 688. The first-order valence-corrected chi connectivity index (χ1v) is 8.98. The normalized spacial score (nSPS) is 11.1. The minimum atomic E-state index is -0.661. The third-order valence-corrected chi connectivity index (χ3v) is 4.57. The van der Waals surface area contributed by atoms with E-state index in [0.717, 1.165) is 16.7 Å². The van der Waals surface area contributed by atoms with E-state index in [0.29, 0.717) is 11.1 Å². The van der Waals surface area contributed by atoms with Crippen LogP contribution in [0.4, 0.5) is 8.78 Å². The zero-order chi connectivity index (χ0) is 17.4. The van der Waals surface area contributed by atoms with Crippen LogP contribution < -0.4 is 0 Å². The average Bonchev–Trinajstić information content (AvgIpc) is 2.56. The predicted molar refractivity (Wildman–Crippen MR) is 96.4 cm³/mol. The summed E-state index contributed by atoms with van der Waals surface area (Å²) in [4.78, 5) is 13.3. The maximum Gasteiger partial charge on any atom is 0.185 e. The number of halogens is 2. The number of ketones is 1. The van der Waals surface area contributed by atoms with Crippen molar-refractivity contribution in [3.8, 4) is 0 Å². The molecule has 0 radical (unpaired) electrons. The Kier molecular flexibility index (Phi) is 7.19. The van der Waals surface area contributed by atoms with Gasteiger partial charge in [0.2, 0.25) is 0 Å². The number of hydrogen-bond donors (Lipinski definition) is 0. The Morgan fingerprint density at radius 1 is 1.04 bits per heavy atom. The van der Waals surface area contributed by atoms with Gasteiger partial charge < -0.3 is 0 Å². The number of allylic oxidation sites excluding steroid dienone is 1. The van der Waals surface area contributed by atoms with E-state index in [4.69, 9.17) is 0 Å². The van der Waals surface area contributed by atoms with Gasteiger partial charge in [0.05, 0.1) is 0 Å². The summed E-state index contributed by atoms with van der Waals surface area (Å²) in [5, 5.41) is 0. The summed E-state index contributed by atoms with van der Waals surface area (Å²) in [6.07, 6.45) is 6.37. The van der Waals surface area contributed by atoms with Crippen molar-refractivity contribution in [2.24, 2.45) is 0 Å². The van der Waals surface area contributed by atoms with Gasteiger partial charge in [0.15, 0.2) is 5.78 Å². The van der Waals surface area contributed by atoms with Crippen LogP contribution in [0.3, 0.4) is 0 Å². The highest BCUT2D eigenvalue weighted by Gasteiger charge is 2.03. The molecule has 0 heterocycles. The van der Waals surface area contributed by atoms with Gasteiger partial charge in [-0.15, -0.1) is 11.8 Å². The fourth-order valence-electron chi connectivity index (χ4n) is 2.20. The molecular formula is C20H20F2OS. The monoisotopic (exact) mass is 346 g/mol. The van der Waals surface area contributed by atoms with Gasteiger partial charge in [-0.05, 0) is 60.2 Å². The zero-order valence-corrected chi connectivity index (χ0v) is 14.4. The fourth-order valence-corrected chi connectivity index (χ4v) is 3.11. The zero-order valence-electron chi connectivity index (χ0n) is 13.6. The van der Waals surface area contributed by atoms with E-state index < -0.39 is 11.6 Å². The summed E-state index contributed by atoms with van der Waals surface area (Å²) in [6, 6.07) is 10.6. The number of hydrogen-bond acceptors (Lipinski definition) is 2. The maximum atomic E-state index is 13.1. The molecule has 0 unspecified atom stereocenters. The van der Waals surface area contributed by atoms with Crippen molar-refractivity contribution in [2.75, 3.05) is 5.75 Å². The number of benzene rings is 2. The second kappa shape index (κ2) is 9.38. The number of carbonyl (C=O) groups is 1.